The summed E-state index contributed by atoms with van der Waals surface area (Å²) < 4.78 is 0. The minimum absolute atomic E-state index is 0.521. The summed E-state index contributed by atoms with van der Waals surface area (Å²) in [6, 6.07) is 0. The second-order valence-electron chi connectivity index (χ2n) is 7.25. The third-order valence-electron chi connectivity index (χ3n) is 6.75. The third kappa shape index (κ3) is 0.480. The molecule has 0 aliphatic heterocycles. The zero-order chi connectivity index (χ0) is 10.5. The molecule has 0 aromatic carbocycles. The second-order valence-corrected chi connectivity index (χ2v) is 7.25. The van der Waals surface area contributed by atoms with E-state index in [0.29, 0.717) is 27.1 Å². The molecule has 76 valence electrons. The van der Waals surface area contributed by atoms with E-state index in [4.69, 9.17) is 0 Å². The summed E-state index contributed by atoms with van der Waals surface area (Å²) in [6.45, 7) is 19.6. The van der Waals surface area contributed by atoms with Crippen molar-refractivity contribution in [3.8, 4) is 0 Å². The Balaban J connectivity index is 2.53. The number of hydrogen-bond acceptors (Lipinski definition) is 0. The van der Waals surface area contributed by atoms with Gasteiger partial charge in [-0.1, -0.05) is 55.4 Å². The highest BCUT2D eigenvalue weighted by Gasteiger charge is 2.98. The molecule has 13 heavy (non-hydrogen) atoms. The predicted octanol–water partition coefficient (Wildman–Crippen LogP) is 4.10. The molecule has 2 fully saturated rings. The van der Waals surface area contributed by atoms with Gasteiger partial charge in [-0.25, -0.2) is 0 Å². The zero-order valence-corrected chi connectivity index (χ0v) is 10.5. The molecule has 0 atom stereocenters. The molecule has 2 saturated carbocycles. The van der Waals surface area contributed by atoms with E-state index < -0.39 is 0 Å². The molecule has 0 amide bonds. The van der Waals surface area contributed by atoms with E-state index in [0.717, 1.165) is 0 Å². The van der Waals surface area contributed by atoms with E-state index in [1.54, 1.807) is 0 Å². The van der Waals surface area contributed by atoms with Crippen molar-refractivity contribution in [2.45, 2.75) is 55.4 Å². The molecule has 2 aliphatic rings. The Morgan fingerprint density at radius 3 is 0.538 bits per heavy atom. The molecule has 0 heteroatoms. The zero-order valence-electron chi connectivity index (χ0n) is 10.5. The van der Waals surface area contributed by atoms with Gasteiger partial charge in [-0.2, -0.15) is 0 Å². The predicted molar refractivity (Wildman–Crippen MR) is 57.6 cm³/mol. The molecular formula is C13H24. The molecule has 0 aromatic rings. The van der Waals surface area contributed by atoms with Crippen molar-refractivity contribution >= 4 is 0 Å². The lowest BCUT2D eigenvalue weighted by Gasteiger charge is -2.03. The average molecular weight is 180 g/mol. The minimum Gasteiger partial charge on any atom is -0.0588 e. The fourth-order valence-corrected chi connectivity index (χ4v) is 5.75. The van der Waals surface area contributed by atoms with Crippen LogP contribution in [0.3, 0.4) is 0 Å². The first-order valence-corrected chi connectivity index (χ1v) is 5.50. The fourth-order valence-electron chi connectivity index (χ4n) is 5.75. The van der Waals surface area contributed by atoms with Crippen LogP contribution in [-0.2, 0) is 0 Å². The van der Waals surface area contributed by atoms with Crippen LogP contribution in [0, 0.1) is 27.1 Å². The SMILES string of the molecule is CC1(C)C(C)(C)C12C(C)(C)C2(C)C. The summed E-state index contributed by atoms with van der Waals surface area (Å²) in [7, 11) is 0. The molecule has 0 N–H and O–H groups in total. The maximum Gasteiger partial charge on any atom is -0.00715 e. The lowest BCUT2D eigenvalue weighted by molar-refractivity contribution is 0.448. The normalized spacial score (nSPS) is 38.8. The maximum atomic E-state index is 2.45. The molecule has 0 unspecified atom stereocenters. The molecule has 2 aliphatic carbocycles. The molecule has 1 spiro atoms. The van der Waals surface area contributed by atoms with E-state index in [9.17, 15) is 0 Å². The molecule has 0 heterocycles. The van der Waals surface area contributed by atoms with Crippen LogP contribution in [0.4, 0.5) is 0 Å². The van der Waals surface area contributed by atoms with Crippen LogP contribution < -0.4 is 0 Å². The first-order chi connectivity index (χ1) is 5.50. The van der Waals surface area contributed by atoms with Crippen LogP contribution in [0.25, 0.3) is 0 Å². The van der Waals surface area contributed by atoms with Gasteiger partial charge in [-0.15, -0.1) is 0 Å². The van der Waals surface area contributed by atoms with E-state index in [1.807, 2.05) is 0 Å². The lowest BCUT2D eigenvalue weighted by atomic mass is 10.0. The molecule has 0 aromatic heterocycles. The van der Waals surface area contributed by atoms with Crippen molar-refractivity contribution in [1.82, 2.24) is 0 Å². The van der Waals surface area contributed by atoms with E-state index in [-0.39, 0.29) is 0 Å². The third-order valence-corrected chi connectivity index (χ3v) is 6.75. The van der Waals surface area contributed by atoms with Crippen molar-refractivity contribution in [2.75, 3.05) is 0 Å². The van der Waals surface area contributed by atoms with Crippen LogP contribution >= 0.6 is 0 Å². The largest absolute Gasteiger partial charge is 0.0588 e. The van der Waals surface area contributed by atoms with E-state index in [1.165, 1.54) is 0 Å². The monoisotopic (exact) mass is 180 g/mol. The summed E-state index contributed by atoms with van der Waals surface area (Å²) in [6.07, 6.45) is 0. The van der Waals surface area contributed by atoms with Crippen LogP contribution in [-0.4, -0.2) is 0 Å². The van der Waals surface area contributed by atoms with Crippen molar-refractivity contribution < 1.29 is 0 Å². The van der Waals surface area contributed by atoms with Gasteiger partial charge in [-0.05, 0) is 27.1 Å². The highest BCUT2D eigenvalue weighted by Crippen LogP contribution is 3.03. The molecule has 0 bridgehead atoms. The standard InChI is InChI=1S/C13H24/c1-9(2)10(3,4)13(9)11(5,6)12(13,7)8/h1-8H3. The van der Waals surface area contributed by atoms with Gasteiger partial charge in [-0.3, -0.25) is 0 Å². The van der Waals surface area contributed by atoms with Crippen LogP contribution in [0.1, 0.15) is 55.4 Å². The van der Waals surface area contributed by atoms with Gasteiger partial charge in [0.25, 0.3) is 0 Å². The Hall–Kier alpha value is 0. The highest BCUT2D eigenvalue weighted by molar-refractivity contribution is 5.45. The maximum absolute atomic E-state index is 2.45. The number of rotatable bonds is 0. The van der Waals surface area contributed by atoms with E-state index >= 15 is 0 Å². The quantitative estimate of drug-likeness (QED) is 0.526. The Morgan fingerprint density at radius 1 is 0.385 bits per heavy atom. The Bertz CT molecular complexity index is 215. The average Bonchev–Trinajstić information content (AvgIpc) is 2.35. The first kappa shape index (κ1) is 9.55. The fraction of sp³-hybridized carbons (Fsp3) is 1.00. The molecule has 0 nitrogen and oxygen atoms in total. The van der Waals surface area contributed by atoms with Gasteiger partial charge in [0.05, 0.1) is 0 Å². The summed E-state index contributed by atoms with van der Waals surface area (Å²) in [4.78, 5) is 0. The van der Waals surface area contributed by atoms with Crippen LogP contribution in [0.5, 0.6) is 0 Å². The Kier molecular flexibility index (Phi) is 1.19. The second kappa shape index (κ2) is 1.61. The molecular weight excluding hydrogens is 156 g/mol. The molecule has 0 saturated heterocycles. The highest BCUT2D eigenvalue weighted by atomic mass is 15.0. The molecule has 2 rings (SSSR count). The topological polar surface area (TPSA) is 0 Å². The minimum atomic E-state index is 0.521. The number of hydrogen-bond donors (Lipinski definition) is 0. The van der Waals surface area contributed by atoms with Crippen molar-refractivity contribution in [3.63, 3.8) is 0 Å². The summed E-state index contributed by atoms with van der Waals surface area (Å²) >= 11 is 0. The Morgan fingerprint density at radius 2 is 0.538 bits per heavy atom. The van der Waals surface area contributed by atoms with Gasteiger partial charge in [0.15, 0.2) is 0 Å². The van der Waals surface area contributed by atoms with Crippen molar-refractivity contribution in [2.24, 2.45) is 27.1 Å². The van der Waals surface area contributed by atoms with Crippen LogP contribution in [0.15, 0.2) is 0 Å². The van der Waals surface area contributed by atoms with E-state index in [2.05, 4.69) is 55.4 Å². The van der Waals surface area contributed by atoms with Gasteiger partial charge < -0.3 is 0 Å². The smallest absolute Gasteiger partial charge is 0.00715 e. The van der Waals surface area contributed by atoms with Crippen molar-refractivity contribution in [1.29, 1.82) is 0 Å². The Labute approximate surface area is 83.1 Å². The summed E-state index contributed by atoms with van der Waals surface area (Å²) in [5.74, 6) is 0. The van der Waals surface area contributed by atoms with Gasteiger partial charge >= 0.3 is 0 Å². The summed E-state index contributed by atoms with van der Waals surface area (Å²) in [5, 5.41) is 0. The van der Waals surface area contributed by atoms with Gasteiger partial charge in [0.2, 0.25) is 0 Å². The first-order valence-electron chi connectivity index (χ1n) is 5.50. The van der Waals surface area contributed by atoms with Crippen molar-refractivity contribution in [3.05, 3.63) is 0 Å². The van der Waals surface area contributed by atoms with Crippen LogP contribution in [0.2, 0.25) is 0 Å². The van der Waals surface area contributed by atoms with Gasteiger partial charge in [0.1, 0.15) is 0 Å². The van der Waals surface area contributed by atoms with Gasteiger partial charge in [0, 0.05) is 0 Å². The summed E-state index contributed by atoms with van der Waals surface area (Å²) in [5.41, 5.74) is 2.67. The molecule has 0 radical (unpaired) electrons. The lowest BCUT2D eigenvalue weighted by Crippen LogP contribution is -1.97.